The molecule has 1 fully saturated rings. The molecule has 0 radical (unpaired) electrons. The first-order chi connectivity index (χ1) is 8.93. The average molecular weight is 281 g/mol. The van der Waals surface area contributed by atoms with Gasteiger partial charge in [0.1, 0.15) is 0 Å². The number of hydrogen-bond donors (Lipinski definition) is 1. The number of rotatable bonds is 4. The quantitative estimate of drug-likeness (QED) is 0.921. The topological polar surface area (TPSA) is 46.2 Å². The molecule has 19 heavy (non-hydrogen) atoms. The smallest absolute Gasteiger partial charge is 0.150 e. The summed E-state index contributed by atoms with van der Waals surface area (Å²) in [4.78, 5) is 0. The van der Waals surface area contributed by atoms with Crippen molar-refractivity contribution < 1.29 is 8.42 Å². The lowest BCUT2D eigenvalue weighted by atomic mass is 9.89. The number of sulfone groups is 1. The second-order valence-electron chi connectivity index (χ2n) is 5.56. The van der Waals surface area contributed by atoms with Gasteiger partial charge in [-0.1, -0.05) is 30.7 Å². The fraction of sp³-hybridized carbons (Fsp3) is 0.600. The second-order valence-corrected chi connectivity index (χ2v) is 7.79. The van der Waals surface area contributed by atoms with Crippen molar-refractivity contribution >= 4 is 9.84 Å². The highest BCUT2D eigenvalue weighted by atomic mass is 32.2. The fourth-order valence-electron chi connectivity index (χ4n) is 2.93. The highest BCUT2D eigenvalue weighted by Gasteiger charge is 2.34. The lowest BCUT2D eigenvalue weighted by Crippen LogP contribution is -2.29. The molecular weight excluding hydrogens is 258 g/mol. The van der Waals surface area contributed by atoms with Gasteiger partial charge in [-0.25, -0.2) is 8.42 Å². The van der Waals surface area contributed by atoms with Crippen LogP contribution in [0.25, 0.3) is 0 Å². The first-order valence-electron chi connectivity index (χ1n) is 6.94. The summed E-state index contributed by atoms with van der Waals surface area (Å²) < 4.78 is 23.4. The molecule has 1 aromatic rings. The van der Waals surface area contributed by atoms with Crippen molar-refractivity contribution in [1.82, 2.24) is 5.32 Å². The van der Waals surface area contributed by atoms with E-state index in [0.29, 0.717) is 11.5 Å². The van der Waals surface area contributed by atoms with Crippen LogP contribution in [0.5, 0.6) is 0 Å². The van der Waals surface area contributed by atoms with Gasteiger partial charge in [0.05, 0.1) is 11.5 Å². The van der Waals surface area contributed by atoms with Crippen molar-refractivity contribution in [3.63, 3.8) is 0 Å². The van der Waals surface area contributed by atoms with Gasteiger partial charge in [-0.3, -0.25) is 0 Å². The predicted octanol–water partition coefficient (Wildman–Crippen LogP) is 2.39. The molecule has 2 atom stereocenters. The van der Waals surface area contributed by atoms with Gasteiger partial charge in [0.2, 0.25) is 0 Å². The van der Waals surface area contributed by atoms with Crippen molar-refractivity contribution in [3.8, 4) is 0 Å². The second kappa shape index (κ2) is 5.63. The van der Waals surface area contributed by atoms with E-state index < -0.39 is 9.84 Å². The van der Waals surface area contributed by atoms with Crippen LogP contribution in [0.3, 0.4) is 0 Å². The Morgan fingerprint density at radius 3 is 2.68 bits per heavy atom. The van der Waals surface area contributed by atoms with Crippen LogP contribution in [-0.4, -0.2) is 26.5 Å². The first-order valence-corrected chi connectivity index (χ1v) is 8.76. The van der Waals surface area contributed by atoms with Crippen LogP contribution >= 0.6 is 0 Å². The molecule has 0 spiro atoms. The van der Waals surface area contributed by atoms with Gasteiger partial charge in [-0.05, 0) is 43.9 Å². The van der Waals surface area contributed by atoms with E-state index in [-0.39, 0.29) is 12.0 Å². The minimum absolute atomic E-state index is 0.155. The van der Waals surface area contributed by atoms with Crippen molar-refractivity contribution in [1.29, 1.82) is 0 Å². The number of hydrogen-bond acceptors (Lipinski definition) is 3. The zero-order valence-electron chi connectivity index (χ0n) is 11.9. The molecule has 1 aliphatic heterocycles. The van der Waals surface area contributed by atoms with E-state index in [0.717, 1.165) is 13.0 Å². The van der Waals surface area contributed by atoms with Crippen LogP contribution in [-0.2, 0) is 9.84 Å². The molecule has 2 unspecified atom stereocenters. The molecule has 0 aliphatic carbocycles. The number of benzene rings is 1. The summed E-state index contributed by atoms with van der Waals surface area (Å²) in [5.74, 6) is 0.855. The summed E-state index contributed by atoms with van der Waals surface area (Å²) in [6.07, 6.45) is 0.771. The van der Waals surface area contributed by atoms with E-state index in [4.69, 9.17) is 0 Å². The molecule has 0 amide bonds. The van der Waals surface area contributed by atoms with Crippen molar-refractivity contribution in [2.75, 3.05) is 18.1 Å². The summed E-state index contributed by atoms with van der Waals surface area (Å²) >= 11 is 0. The summed E-state index contributed by atoms with van der Waals surface area (Å²) in [7, 11) is -2.83. The molecule has 2 rings (SSSR count). The summed E-state index contributed by atoms with van der Waals surface area (Å²) in [5, 5.41) is 3.48. The molecule has 0 aromatic heterocycles. The van der Waals surface area contributed by atoms with Crippen LogP contribution in [0.2, 0.25) is 0 Å². The maximum Gasteiger partial charge on any atom is 0.150 e. The van der Waals surface area contributed by atoms with Gasteiger partial charge >= 0.3 is 0 Å². The zero-order chi connectivity index (χ0) is 14.0. The Morgan fingerprint density at radius 2 is 2.11 bits per heavy atom. The van der Waals surface area contributed by atoms with Crippen molar-refractivity contribution in [2.45, 2.75) is 33.2 Å². The standard InChI is InChI=1S/C15H23NO2S/c1-4-16-15(13-7-8-19(17,18)10-13)14-9-11(2)5-6-12(14)3/h5-6,9,13,15-16H,4,7-8,10H2,1-3H3. The summed E-state index contributed by atoms with van der Waals surface area (Å²) in [6, 6.07) is 6.57. The average Bonchev–Trinajstić information content (AvgIpc) is 2.70. The Hall–Kier alpha value is -0.870. The highest BCUT2D eigenvalue weighted by molar-refractivity contribution is 7.91. The van der Waals surface area contributed by atoms with E-state index in [1.807, 2.05) is 0 Å². The Morgan fingerprint density at radius 1 is 1.37 bits per heavy atom. The molecule has 4 heteroatoms. The van der Waals surface area contributed by atoms with Crippen LogP contribution in [0, 0.1) is 19.8 Å². The number of aryl methyl sites for hydroxylation is 2. The lowest BCUT2D eigenvalue weighted by Gasteiger charge is -2.26. The molecule has 1 aromatic carbocycles. The Labute approximate surface area is 116 Å². The maximum atomic E-state index is 11.7. The highest BCUT2D eigenvalue weighted by Crippen LogP contribution is 2.33. The van der Waals surface area contributed by atoms with Crippen LogP contribution < -0.4 is 5.32 Å². The normalized spacial score (nSPS) is 23.4. The van der Waals surface area contributed by atoms with Gasteiger partial charge in [0, 0.05) is 6.04 Å². The van der Waals surface area contributed by atoms with E-state index >= 15 is 0 Å². The van der Waals surface area contributed by atoms with Crippen LogP contribution in [0.15, 0.2) is 18.2 Å². The van der Waals surface area contributed by atoms with Gasteiger partial charge in [-0.2, -0.15) is 0 Å². The summed E-state index contributed by atoms with van der Waals surface area (Å²) in [5.41, 5.74) is 3.72. The molecule has 1 aliphatic rings. The van der Waals surface area contributed by atoms with Crippen molar-refractivity contribution in [2.24, 2.45) is 5.92 Å². The molecule has 1 N–H and O–H groups in total. The third-order valence-corrected chi connectivity index (χ3v) is 5.73. The van der Waals surface area contributed by atoms with Gasteiger partial charge in [-0.15, -0.1) is 0 Å². The first kappa shape index (κ1) is 14.5. The van der Waals surface area contributed by atoms with Gasteiger partial charge < -0.3 is 5.32 Å². The van der Waals surface area contributed by atoms with Crippen LogP contribution in [0.4, 0.5) is 0 Å². The van der Waals surface area contributed by atoms with E-state index in [2.05, 4.69) is 44.3 Å². The van der Waals surface area contributed by atoms with E-state index in [1.54, 1.807) is 0 Å². The molecule has 106 valence electrons. The van der Waals surface area contributed by atoms with Gasteiger partial charge in [0.25, 0.3) is 0 Å². The molecule has 0 saturated carbocycles. The monoisotopic (exact) mass is 281 g/mol. The zero-order valence-corrected chi connectivity index (χ0v) is 12.8. The lowest BCUT2D eigenvalue weighted by molar-refractivity contribution is 0.399. The Balaban J connectivity index is 2.32. The maximum absolute atomic E-state index is 11.7. The van der Waals surface area contributed by atoms with E-state index in [1.165, 1.54) is 16.7 Å². The predicted molar refractivity (Wildman–Crippen MR) is 79.1 cm³/mol. The molecular formula is C15H23NO2S. The minimum Gasteiger partial charge on any atom is -0.310 e. The summed E-state index contributed by atoms with van der Waals surface area (Å²) in [6.45, 7) is 7.11. The Kier molecular flexibility index (Phi) is 4.31. The van der Waals surface area contributed by atoms with Crippen molar-refractivity contribution in [3.05, 3.63) is 34.9 Å². The molecule has 1 heterocycles. The SMILES string of the molecule is CCNC(c1cc(C)ccc1C)C1CCS(=O)(=O)C1. The largest absolute Gasteiger partial charge is 0.310 e. The molecule has 1 saturated heterocycles. The van der Waals surface area contributed by atoms with E-state index in [9.17, 15) is 8.42 Å². The molecule has 0 bridgehead atoms. The molecule has 3 nitrogen and oxygen atoms in total. The minimum atomic E-state index is -2.83. The van der Waals surface area contributed by atoms with Crippen LogP contribution in [0.1, 0.15) is 36.1 Å². The fourth-order valence-corrected chi connectivity index (χ4v) is 4.77. The third kappa shape index (κ3) is 3.37. The Bertz CT molecular complexity index is 551. The van der Waals surface area contributed by atoms with Gasteiger partial charge in [0.15, 0.2) is 9.84 Å². The third-order valence-electron chi connectivity index (χ3n) is 3.93. The number of nitrogens with one attached hydrogen (secondary N) is 1.